The van der Waals surface area contributed by atoms with Gasteiger partial charge in [-0.15, -0.1) is 5.10 Å². The molecule has 106 valence electrons. The summed E-state index contributed by atoms with van der Waals surface area (Å²) >= 11 is 0. The van der Waals surface area contributed by atoms with Crippen LogP contribution in [0.2, 0.25) is 0 Å². The average molecular weight is 286 g/mol. The maximum absolute atomic E-state index is 13.7. The van der Waals surface area contributed by atoms with Crippen LogP contribution in [0.5, 0.6) is 0 Å². The number of hydrogen-bond donors (Lipinski definition) is 1. The van der Waals surface area contributed by atoms with Crippen molar-refractivity contribution in [2.45, 2.75) is 19.4 Å². The Balaban J connectivity index is 2.65. The van der Waals surface area contributed by atoms with Gasteiger partial charge in [0.25, 0.3) is 0 Å². The smallest absolute Gasteiger partial charge is 0.331 e. The maximum atomic E-state index is 13.7. The van der Waals surface area contributed by atoms with Crippen molar-refractivity contribution in [3.8, 4) is 11.4 Å². The van der Waals surface area contributed by atoms with Crippen molar-refractivity contribution < 1.29 is 23.1 Å². The molecule has 0 saturated carbocycles. The second-order valence-electron chi connectivity index (χ2n) is 4.50. The van der Waals surface area contributed by atoms with Crippen LogP contribution >= 0.6 is 0 Å². The van der Waals surface area contributed by atoms with Gasteiger partial charge >= 0.3 is 5.97 Å². The molecule has 9 heteroatoms. The number of carboxylic acid groups (broad SMARTS) is 1. The number of aromatic nitrogens is 4. The van der Waals surface area contributed by atoms with E-state index in [0.29, 0.717) is 6.07 Å². The van der Waals surface area contributed by atoms with Gasteiger partial charge < -0.3 is 5.11 Å². The van der Waals surface area contributed by atoms with Gasteiger partial charge in [-0.1, -0.05) is 0 Å². The fourth-order valence-electron chi connectivity index (χ4n) is 1.52. The highest BCUT2D eigenvalue weighted by molar-refractivity contribution is 5.76. The Morgan fingerprint density at radius 1 is 1.25 bits per heavy atom. The van der Waals surface area contributed by atoms with Crippen molar-refractivity contribution in [3.63, 3.8) is 0 Å². The first-order valence-corrected chi connectivity index (χ1v) is 5.43. The Hall–Kier alpha value is -2.45. The lowest BCUT2D eigenvalue weighted by Gasteiger charge is -2.20. The largest absolute Gasteiger partial charge is 0.479 e. The lowest BCUT2D eigenvalue weighted by atomic mass is 10.1. The summed E-state index contributed by atoms with van der Waals surface area (Å²) in [5.74, 6) is -6.10. The average Bonchev–Trinajstić information content (AvgIpc) is 2.85. The summed E-state index contributed by atoms with van der Waals surface area (Å²) in [5, 5.41) is 19.3. The highest BCUT2D eigenvalue weighted by Gasteiger charge is 2.34. The lowest BCUT2D eigenvalue weighted by Crippen LogP contribution is -2.37. The number of tetrazole rings is 1. The van der Waals surface area contributed by atoms with E-state index in [1.807, 2.05) is 0 Å². The molecule has 0 atom stereocenters. The number of nitrogens with zero attached hydrogens (tertiary/aromatic N) is 4. The summed E-state index contributed by atoms with van der Waals surface area (Å²) in [5.41, 5.74) is -2.01. The summed E-state index contributed by atoms with van der Waals surface area (Å²) in [7, 11) is 0. The molecule has 0 amide bonds. The van der Waals surface area contributed by atoms with Crippen molar-refractivity contribution in [1.82, 2.24) is 20.2 Å². The van der Waals surface area contributed by atoms with Crippen molar-refractivity contribution >= 4 is 5.97 Å². The third-order valence-corrected chi connectivity index (χ3v) is 2.80. The lowest BCUT2D eigenvalue weighted by molar-refractivity contribution is -0.146. The molecule has 0 saturated heterocycles. The van der Waals surface area contributed by atoms with Gasteiger partial charge in [0.2, 0.25) is 0 Å². The van der Waals surface area contributed by atoms with E-state index >= 15 is 0 Å². The van der Waals surface area contributed by atoms with Gasteiger partial charge in [0.15, 0.2) is 28.8 Å². The monoisotopic (exact) mass is 286 g/mol. The van der Waals surface area contributed by atoms with Gasteiger partial charge in [0, 0.05) is 0 Å². The highest BCUT2D eigenvalue weighted by atomic mass is 19.2. The number of aliphatic carboxylic acids is 1. The molecule has 6 nitrogen and oxygen atoms in total. The fraction of sp³-hybridized carbons (Fsp3) is 0.273. The predicted octanol–water partition coefficient (Wildman–Crippen LogP) is 1.58. The Morgan fingerprint density at radius 2 is 1.90 bits per heavy atom. The normalized spacial score (nSPS) is 11.7. The molecule has 2 aromatic rings. The van der Waals surface area contributed by atoms with Crippen LogP contribution in [0.1, 0.15) is 13.8 Å². The van der Waals surface area contributed by atoms with Crippen LogP contribution in [-0.4, -0.2) is 31.3 Å². The zero-order valence-electron chi connectivity index (χ0n) is 10.4. The number of benzene rings is 1. The van der Waals surface area contributed by atoms with Crippen molar-refractivity contribution in [1.29, 1.82) is 0 Å². The number of carboxylic acids is 1. The van der Waals surface area contributed by atoms with Crippen LogP contribution in [0.3, 0.4) is 0 Å². The first-order chi connectivity index (χ1) is 9.26. The van der Waals surface area contributed by atoms with E-state index < -0.39 is 34.5 Å². The van der Waals surface area contributed by atoms with Gasteiger partial charge in [-0.3, -0.25) is 0 Å². The highest BCUT2D eigenvalue weighted by Crippen LogP contribution is 2.27. The summed E-state index contributed by atoms with van der Waals surface area (Å²) in [6.45, 7) is 2.57. The second-order valence-corrected chi connectivity index (χ2v) is 4.50. The first kappa shape index (κ1) is 14.0. The molecule has 20 heavy (non-hydrogen) atoms. The molecule has 0 fully saturated rings. The zero-order valence-corrected chi connectivity index (χ0v) is 10.4. The molecule has 0 radical (unpaired) electrons. The van der Waals surface area contributed by atoms with E-state index in [0.717, 1.165) is 10.7 Å². The van der Waals surface area contributed by atoms with E-state index in [1.54, 1.807) is 0 Å². The summed E-state index contributed by atoms with van der Waals surface area (Å²) < 4.78 is 40.7. The molecule has 0 aliphatic rings. The van der Waals surface area contributed by atoms with Crippen LogP contribution < -0.4 is 0 Å². The van der Waals surface area contributed by atoms with Crippen LogP contribution in [0, 0.1) is 17.5 Å². The first-order valence-electron chi connectivity index (χ1n) is 5.43. The van der Waals surface area contributed by atoms with Gasteiger partial charge in [-0.2, -0.15) is 0 Å². The number of halogens is 3. The van der Waals surface area contributed by atoms with Crippen LogP contribution in [0.4, 0.5) is 13.2 Å². The van der Waals surface area contributed by atoms with E-state index in [2.05, 4.69) is 15.5 Å². The second kappa shape index (κ2) is 4.58. The summed E-state index contributed by atoms with van der Waals surface area (Å²) in [4.78, 5) is 11.2. The van der Waals surface area contributed by atoms with E-state index in [4.69, 9.17) is 5.11 Å². The molecule has 0 aliphatic heterocycles. The Kier molecular flexibility index (Phi) is 3.20. The van der Waals surface area contributed by atoms with Gasteiger partial charge in [0.05, 0.1) is 5.56 Å². The number of rotatable bonds is 3. The molecule has 0 unspecified atom stereocenters. The molecule has 1 aromatic heterocycles. The predicted molar refractivity (Wildman–Crippen MR) is 60.1 cm³/mol. The summed E-state index contributed by atoms with van der Waals surface area (Å²) in [6, 6.07) is 1.65. The van der Waals surface area contributed by atoms with Crippen molar-refractivity contribution in [3.05, 3.63) is 29.6 Å². The van der Waals surface area contributed by atoms with E-state index in [-0.39, 0.29) is 5.82 Å². The Bertz CT molecular complexity index is 684. The minimum absolute atomic E-state index is 0.311. The third kappa shape index (κ3) is 2.00. The Labute approximate surface area is 110 Å². The minimum atomic E-state index is -1.68. The SMILES string of the molecule is CC(C)(C(=O)O)n1nnnc1-c1ccc(F)c(F)c1F. The summed E-state index contributed by atoms with van der Waals surface area (Å²) in [6.07, 6.45) is 0. The van der Waals surface area contributed by atoms with Crippen LogP contribution in [-0.2, 0) is 10.3 Å². The molecule has 0 aliphatic carbocycles. The van der Waals surface area contributed by atoms with Gasteiger partial charge in [-0.25, -0.2) is 22.6 Å². The number of carbonyl (C=O) groups is 1. The van der Waals surface area contributed by atoms with Crippen molar-refractivity contribution in [2.75, 3.05) is 0 Å². The molecule has 2 rings (SSSR count). The quantitative estimate of drug-likeness (QED) is 0.866. The molecule has 1 aromatic carbocycles. The minimum Gasteiger partial charge on any atom is -0.479 e. The molecule has 1 heterocycles. The van der Waals surface area contributed by atoms with E-state index in [9.17, 15) is 18.0 Å². The molecule has 0 bridgehead atoms. The van der Waals surface area contributed by atoms with Gasteiger partial charge in [-0.05, 0) is 36.4 Å². The molecular formula is C11H9F3N4O2. The Morgan fingerprint density at radius 3 is 2.50 bits per heavy atom. The third-order valence-electron chi connectivity index (χ3n) is 2.80. The number of hydrogen-bond acceptors (Lipinski definition) is 4. The maximum Gasteiger partial charge on any atom is 0.331 e. The van der Waals surface area contributed by atoms with E-state index in [1.165, 1.54) is 13.8 Å². The molecule has 1 N–H and O–H groups in total. The van der Waals surface area contributed by atoms with Gasteiger partial charge in [0.1, 0.15) is 0 Å². The fourth-order valence-corrected chi connectivity index (χ4v) is 1.52. The molecular weight excluding hydrogens is 277 g/mol. The topological polar surface area (TPSA) is 80.9 Å². The molecule has 0 spiro atoms. The van der Waals surface area contributed by atoms with Crippen LogP contribution in [0.25, 0.3) is 11.4 Å². The van der Waals surface area contributed by atoms with Crippen molar-refractivity contribution in [2.24, 2.45) is 0 Å². The van der Waals surface area contributed by atoms with Crippen LogP contribution in [0.15, 0.2) is 12.1 Å². The standard InChI is InChI=1S/C11H9F3N4O2/c1-11(2,10(19)20)18-9(15-16-17-18)5-3-4-6(12)8(14)7(5)13/h3-4H,1-2H3,(H,19,20). The zero-order chi connectivity index (χ0) is 15.1.